The predicted molar refractivity (Wildman–Crippen MR) is 85.0 cm³/mol. The van der Waals surface area contributed by atoms with Crippen molar-refractivity contribution in [1.82, 2.24) is 0 Å². The van der Waals surface area contributed by atoms with Crippen molar-refractivity contribution < 1.29 is 9.21 Å². The Morgan fingerprint density at radius 1 is 0.905 bits per heavy atom. The minimum atomic E-state index is -0.0393. The third-order valence-electron chi connectivity index (χ3n) is 3.94. The number of hydrogen-bond donors (Lipinski definition) is 0. The van der Waals surface area contributed by atoms with Gasteiger partial charge in [-0.15, -0.1) is 0 Å². The zero-order chi connectivity index (χ0) is 15.1. The van der Waals surface area contributed by atoms with Crippen LogP contribution in [-0.2, 0) is 0 Å². The summed E-state index contributed by atoms with van der Waals surface area (Å²) >= 11 is 0. The Labute approximate surface area is 124 Å². The van der Waals surface area contributed by atoms with Crippen LogP contribution < -0.4 is 0 Å². The number of benzene rings is 2. The Balaban J connectivity index is 2.18. The second-order valence-electron chi connectivity index (χ2n) is 5.70. The maximum absolute atomic E-state index is 12.8. The van der Waals surface area contributed by atoms with Crippen molar-refractivity contribution in [1.29, 1.82) is 0 Å². The molecule has 2 heteroatoms. The first-order valence-corrected chi connectivity index (χ1v) is 7.09. The standard InChI is InChI=1S/C19H18O2/c1-11-5-7-13(3)15(9-11)18(20)19-14(4)16-10-12(2)6-8-17(16)21-19/h5-10H,1-4H3. The lowest BCUT2D eigenvalue weighted by Crippen LogP contribution is -2.04. The lowest BCUT2D eigenvalue weighted by molar-refractivity contribution is 0.101. The summed E-state index contributed by atoms with van der Waals surface area (Å²) in [5.74, 6) is 0.409. The van der Waals surface area contributed by atoms with Crippen LogP contribution in [0.2, 0.25) is 0 Å². The molecule has 1 heterocycles. The summed E-state index contributed by atoms with van der Waals surface area (Å²) in [6.45, 7) is 7.93. The predicted octanol–water partition coefficient (Wildman–Crippen LogP) is 4.90. The molecular formula is C19H18O2. The number of carbonyl (C=O) groups is 1. The van der Waals surface area contributed by atoms with E-state index in [1.54, 1.807) is 0 Å². The van der Waals surface area contributed by atoms with Crippen LogP contribution in [0.3, 0.4) is 0 Å². The van der Waals surface area contributed by atoms with E-state index in [1.165, 1.54) is 0 Å². The number of fused-ring (bicyclic) bond motifs is 1. The minimum Gasteiger partial charge on any atom is -0.452 e. The first-order valence-electron chi connectivity index (χ1n) is 7.09. The lowest BCUT2D eigenvalue weighted by Gasteiger charge is -2.05. The normalized spacial score (nSPS) is 11.0. The Bertz CT molecular complexity index is 853. The van der Waals surface area contributed by atoms with Crippen LogP contribution in [0, 0.1) is 27.7 Å². The zero-order valence-corrected chi connectivity index (χ0v) is 12.8. The van der Waals surface area contributed by atoms with E-state index >= 15 is 0 Å². The van der Waals surface area contributed by atoms with Crippen molar-refractivity contribution in [3.63, 3.8) is 0 Å². The van der Waals surface area contributed by atoms with Crippen molar-refractivity contribution >= 4 is 16.8 Å². The summed E-state index contributed by atoms with van der Waals surface area (Å²) < 4.78 is 5.82. The molecule has 3 rings (SSSR count). The Kier molecular flexibility index (Phi) is 3.17. The van der Waals surface area contributed by atoms with Gasteiger partial charge < -0.3 is 4.42 Å². The van der Waals surface area contributed by atoms with Crippen LogP contribution in [0.25, 0.3) is 11.0 Å². The van der Waals surface area contributed by atoms with Gasteiger partial charge in [0, 0.05) is 16.5 Å². The van der Waals surface area contributed by atoms with E-state index < -0.39 is 0 Å². The molecule has 0 bridgehead atoms. The average molecular weight is 278 g/mol. The Morgan fingerprint density at radius 2 is 1.57 bits per heavy atom. The quantitative estimate of drug-likeness (QED) is 0.624. The summed E-state index contributed by atoms with van der Waals surface area (Å²) in [6.07, 6.45) is 0. The van der Waals surface area contributed by atoms with Gasteiger partial charge in [-0.05, 0) is 51.5 Å². The highest BCUT2D eigenvalue weighted by Crippen LogP contribution is 2.28. The monoisotopic (exact) mass is 278 g/mol. The molecule has 106 valence electrons. The van der Waals surface area contributed by atoms with Crippen LogP contribution in [0.1, 0.15) is 38.4 Å². The van der Waals surface area contributed by atoms with Crippen LogP contribution in [0.4, 0.5) is 0 Å². The molecule has 0 unspecified atom stereocenters. The number of rotatable bonds is 2. The second-order valence-corrected chi connectivity index (χ2v) is 5.70. The van der Waals surface area contributed by atoms with Gasteiger partial charge in [-0.3, -0.25) is 4.79 Å². The smallest absolute Gasteiger partial charge is 0.228 e. The third-order valence-corrected chi connectivity index (χ3v) is 3.94. The van der Waals surface area contributed by atoms with E-state index in [1.807, 2.05) is 58.0 Å². The van der Waals surface area contributed by atoms with E-state index in [0.29, 0.717) is 11.3 Å². The summed E-state index contributed by atoms with van der Waals surface area (Å²) in [5, 5.41) is 1.02. The third kappa shape index (κ3) is 2.27. The van der Waals surface area contributed by atoms with Gasteiger partial charge in [-0.2, -0.15) is 0 Å². The lowest BCUT2D eigenvalue weighted by atomic mass is 9.98. The van der Waals surface area contributed by atoms with E-state index in [2.05, 4.69) is 6.07 Å². The summed E-state index contributed by atoms with van der Waals surface area (Å²) in [6, 6.07) is 11.9. The number of ketones is 1. The highest BCUT2D eigenvalue weighted by atomic mass is 16.3. The highest BCUT2D eigenvalue weighted by Gasteiger charge is 2.20. The molecule has 1 aromatic heterocycles. The van der Waals surface area contributed by atoms with Gasteiger partial charge in [0.25, 0.3) is 0 Å². The summed E-state index contributed by atoms with van der Waals surface area (Å²) in [5.41, 5.74) is 5.62. The van der Waals surface area contributed by atoms with Crippen molar-refractivity contribution in [2.24, 2.45) is 0 Å². The molecule has 0 atom stereocenters. The van der Waals surface area contributed by atoms with Crippen molar-refractivity contribution in [3.8, 4) is 0 Å². The molecule has 0 fully saturated rings. The SMILES string of the molecule is Cc1ccc(C)c(C(=O)c2oc3ccc(C)cc3c2C)c1. The molecule has 2 aromatic carbocycles. The Morgan fingerprint density at radius 3 is 2.33 bits per heavy atom. The molecular weight excluding hydrogens is 260 g/mol. The van der Waals surface area contributed by atoms with Crippen LogP contribution in [-0.4, -0.2) is 5.78 Å². The van der Waals surface area contributed by atoms with E-state index in [4.69, 9.17) is 4.42 Å². The molecule has 0 amide bonds. The zero-order valence-electron chi connectivity index (χ0n) is 12.8. The number of aryl methyl sites for hydroxylation is 4. The van der Waals surface area contributed by atoms with E-state index in [9.17, 15) is 4.79 Å². The Hall–Kier alpha value is -2.35. The molecule has 0 saturated heterocycles. The van der Waals surface area contributed by atoms with Gasteiger partial charge in [0.15, 0.2) is 5.76 Å². The fraction of sp³-hybridized carbons (Fsp3) is 0.211. The molecule has 0 spiro atoms. The highest BCUT2D eigenvalue weighted by molar-refractivity contribution is 6.11. The van der Waals surface area contributed by atoms with Crippen molar-refractivity contribution in [2.75, 3.05) is 0 Å². The fourth-order valence-corrected chi connectivity index (χ4v) is 2.65. The molecule has 0 saturated carbocycles. The summed E-state index contributed by atoms with van der Waals surface area (Å²) in [4.78, 5) is 12.8. The van der Waals surface area contributed by atoms with Gasteiger partial charge in [0.05, 0.1) is 0 Å². The molecule has 0 N–H and O–H groups in total. The number of hydrogen-bond acceptors (Lipinski definition) is 2. The fourth-order valence-electron chi connectivity index (χ4n) is 2.65. The van der Waals surface area contributed by atoms with Gasteiger partial charge in [-0.25, -0.2) is 0 Å². The maximum Gasteiger partial charge on any atom is 0.228 e. The minimum absolute atomic E-state index is 0.0393. The van der Waals surface area contributed by atoms with Gasteiger partial charge in [0.2, 0.25) is 5.78 Å². The number of carbonyl (C=O) groups excluding carboxylic acids is 1. The summed E-state index contributed by atoms with van der Waals surface area (Å²) in [7, 11) is 0. The number of furan rings is 1. The first-order chi connectivity index (χ1) is 9.97. The molecule has 0 aliphatic heterocycles. The van der Waals surface area contributed by atoms with E-state index in [0.717, 1.165) is 33.2 Å². The molecule has 21 heavy (non-hydrogen) atoms. The second kappa shape index (κ2) is 4.88. The van der Waals surface area contributed by atoms with Gasteiger partial charge >= 0.3 is 0 Å². The molecule has 2 nitrogen and oxygen atoms in total. The van der Waals surface area contributed by atoms with E-state index in [-0.39, 0.29) is 5.78 Å². The molecule has 0 radical (unpaired) electrons. The molecule has 3 aromatic rings. The molecule has 0 aliphatic carbocycles. The largest absolute Gasteiger partial charge is 0.452 e. The molecule has 0 aliphatic rings. The van der Waals surface area contributed by atoms with Crippen LogP contribution >= 0.6 is 0 Å². The average Bonchev–Trinajstić information content (AvgIpc) is 2.78. The van der Waals surface area contributed by atoms with Crippen LogP contribution in [0.15, 0.2) is 40.8 Å². The maximum atomic E-state index is 12.8. The van der Waals surface area contributed by atoms with Gasteiger partial charge in [0.1, 0.15) is 5.58 Å². The van der Waals surface area contributed by atoms with Gasteiger partial charge in [-0.1, -0.05) is 29.3 Å². The van der Waals surface area contributed by atoms with Crippen molar-refractivity contribution in [2.45, 2.75) is 27.7 Å². The topological polar surface area (TPSA) is 30.2 Å². The van der Waals surface area contributed by atoms with Crippen molar-refractivity contribution in [3.05, 3.63) is 70.0 Å². The first kappa shape index (κ1) is 13.6. The van der Waals surface area contributed by atoms with Crippen LogP contribution in [0.5, 0.6) is 0 Å².